The summed E-state index contributed by atoms with van der Waals surface area (Å²) in [6.07, 6.45) is 3.79. The molecular formula is C85H139N3O46. The number of carbonyl (C=O) groups is 15. The number of hydrogen-bond donors (Lipinski definition) is 16. The highest BCUT2D eigenvalue weighted by Gasteiger charge is 2.54. The van der Waals surface area contributed by atoms with E-state index in [0.29, 0.717) is 37.9 Å². The van der Waals surface area contributed by atoms with E-state index in [0.717, 1.165) is 104 Å². The Bertz CT molecular complexity index is 3470. The Labute approximate surface area is 773 Å². The molecule has 49 nitrogen and oxygen atoms in total. The van der Waals surface area contributed by atoms with Gasteiger partial charge >= 0.3 is 89.5 Å². The predicted octanol–water partition coefficient (Wildman–Crippen LogP) is -5.48. The Morgan fingerprint density at radius 2 is 0.351 bits per heavy atom. The van der Waals surface area contributed by atoms with Gasteiger partial charge in [-0.25, -0.2) is 0 Å². The Hall–Kier alpha value is -9.45. The van der Waals surface area contributed by atoms with Gasteiger partial charge in [-0.1, -0.05) is 18.6 Å². The first kappa shape index (κ1) is 123. The molecule has 0 amide bonds. The van der Waals surface area contributed by atoms with Gasteiger partial charge in [-0.3, -0.25) is 76.6 Å². The third kappa shape index (κ3) is 33.2. The number of rotatable bonds is 67. The highest BCUT2D eigenvalue weighted by Crippen LogP contribution is 2.37. The van der Waals surface area contributed by atoms with Gasteiger partial charge in [0.05, 0.1) is 118 Å². The molecule has 0 fully saturated rings. The summed E-state index contributed by atoms with van der Waals surface area (Å²) in [7, 11) is 0. The van der Waals surface area contributed by atoms with Crippen LogP contribution in [0.25, 0.3) is 0 Å². The van der Waals surface area contributed by atoms with Crippen LogP contribution in [-0.2, 0) is 156 Å². The van der Waals surface area contributed by atoms with Crippen molar-refractivity contribution in [2.45, 2.75) is 149 Å². The fourth-order valence-electron chi connectivity index (χ4n) is 9.81. The van der Waals surface area contributed by atoms with Crippen LogP contribution in [0.5, 0.6) is 0 Å². The molecule has 1 aromatic heterocycles. The van der Waals surface area contributed by atoms with Crippen LogP contribution in [0.3, 0.4) is 0 Å². The molecule has 0 aromatic carbocycles. The Morgan fingerprint density at radius 1 is 0.216 bits per heavy atom. The van der Waals surface area contributed by atoms with E-state index in [1.807, 2.05) is 6.92 Å². The third-order valence-corrected chi connectivity index (χ3v) is 22.7. The number of aromatic nitrogens is 3. The van der Waals surface area contributed by atoms with Crippen LogP contribution in [0.15, 0.2) is 6.20 Å². The van der Waals surface area contributed by atoms with Crippen molar-refractivity contribution in [2.75, 3.05) is 205 Å². The molecule has 0 radical (unpaired) electrons. The van der Waals surface area contributed by atoms with Gasteiger partial charge < -0.3 is 153 Å². The number of nitrogens with zero attached hydrogens (tertiary/aromatic N) is 3. The van der Waals surface area contributed by atoms with Crippen molar-refractivity contribution in [3.8, 4) is 0 Å². The van der Waals surface area contributed by atoms with Crippen molar-refractivity contribution < 1.29 is 225 Å². The van der Waals surface area contributed by atoms with Gasteiger partial charge in [-0.15, -0.1) is 5.10 Å². The second-order valence-corrected chi connectivity index (χ2v) is 37.9. The SMILES string of the molecule is CCc1cn(CCCCCCOC(=O)C(C)(COC(=O)C(C)(COC(=O)C(C)(COC(=O)C(C)(CO)CO)COC(=O)C(C)(CO)CO)COC(=O)C(C)(COC(=O)C(C)(CO)CO)COC(=O)C(C)(CO)CO)COC(=O)C(C)(COC(=O)C(C)(COC(=O)C(C)(CO)CO)COC(=O)C(C)(CO)CO)COC(=O)C(C)(COC(=O)C(C)(CO)CO)COC(=O)C(C)(CO)CO)nn1. The maximum atomic E-state index is 15.5. The topological polar surface area (TPSA) is 749 Å². The highest BCUT2D eigenvalue weighted by molar-refractivity contribution is 5.87. The maximum Gasteiger partial charge on any atom is 0.318 e. The maximum absolute atomic E-state index is 15.5. The molecule has 0 aliphatic carbocycles. The molecule has 0 atom stereocenters. The third-order valence-electron chi connectivity index (χ3n) is 22.7. The average Bonchev–Trinajstić information content (AvgIpc) is 0.823. The number of aryl methyl sites for hydroxylation is 2. The van der Waals surface area contributed by atoms with Crippen LogP contribution in [0.4, 0.5) is 0 Å². The highest BCUT2D eigenvalue weighted by atomic mass is 16.6. The van der Waals surface area contributed by atoms with E-state index >= 15 is 14.4 Å². The van der Waals surface area contributed by atoms with E-state index in [1.165, 1.54) is 0 Å². The number of unbranched alkanes of at least 4 members (excludes halogenated alkanes) is 3. The lowest BCUT2D eigenvalue weighted by Crippen LogP contribution is -2.50. The predicted molar refractivity (Wildman–Crippen MR) is 447 cm³/mol. The zero-order valence-electron chi connectivity index (χ0n) is 79.0. The molecule has 770 valence electrons. The van der Waals surface area contributed by atoms with E-state index in [4.69, 9.17) is 71.1 Å². The van der Waals surface area contributed by atoms with Gasteiger partial charge in [-0.2, -0.15) is 0 Å². The van der Waals surface area contributed by atoms with Crippen LogP contribution in [0.1, 0.15) is 142 Å². The lowest BCUT2D eigenvalue weighted by molar-refractivity contribution is -0.189. The van der Waals surface area contributed by atoms with Crippen LogP contribution in [0.2, 0.25) is 0 Å². The molecule has 0 spiro atoms. The van der Waals surface area contributed by atoms with Crippen molar-refractivity contribution in [2.24, 2.45) is 81.2 Å². The molecule has 0 aliphatic heterocycles. The summed E-state index contributed by atoms with van der Waals surface area (Å²) in [4.78, 5) is 213. The number of aliphatic hydroxyl groups is 16. The fourth-order valence-corrected chi connectivity index (χ4v) is 9.81. The molecule has 134 heavy (non-hydrogen) atoms. The molecule has 1 heterocycles. The van der Waals surface area contributed by atoms with E-state index in [1.54, 1.807) is 10.9 Å². The number of carbonyl (C=O) groups excluding carboxylic acids is 15. The van der Waals surface area contributed by atoms with Crippen LogP contribution in [-0.4, -0.2) is 391 Å². The number of esters is 15. The summed E-state index contributed by atoms with van der Waals surface area (Å²) in [6, 6.07) is 0. The minimum Gasteiger partial charge on any atom is -0.465 e. The molecular weight excluding hydrogens is 1800 g/mol. The first-order valence-corrected chi connectivity index (χ1v) is 42.4. The summed E-state index contributed by atoms with van der Waals surface area (Å²) in [5.74, 6) is -22.1. The summed E-state index contributed by atoms with van der Waals surface area (Å²) in [5.41, 5.74) is -33.9. The van der Waals surface area contributed by atoms with Crippen molar-refractivity contribution in [3.63, 3.8) is 0 Å². The zero-order chi connectivity index (χ0) is 103. The monoisotopic (exact) mass is 1940 g/mol. The van der Waals surface area contributed by atoms with E-state index in [2.05, 4.69) is 10.3 Å². The van der Waals surface area contributed by atoms with E-state index in [9.17, 15) is 139 Å². The Morgan fingerprint density at radius 3 is 0.485 bits per heavy atom. The van der Waals surface area contributed by atoms with Gasteiger partial charge in [0.1, 0.15) is 174 Å². The molecule has 0 aliphatic rings. The summed E-state index contributed by atoms with van der Waals surface area (Å²) in [5, 5.41) is 169. The smallest absolute Gasteiger partial charge is 0.318 e. The first-order valence-electron chi connectivity index (χ1n) is 42.4. The first-order chi connectivity index (χ1) is 62.2. The normalized spacial score (nSPS) is 13.0. The van der Waals surface area contributed by atoms with Crippen molar-refractivity contribution >= 4 is 89.5 Å². The second kappa shape index (κ2) is 53.3. The van der Waals surface area contributed by atoms with E-state index in [-0.39, 0.29) is 6.42 Å². The molecule has 49 heteroatoms. The molecule has 0 saturated heterocycles. The lowest BCUT2D eigenvalue weighted by Gasteiger charge is -2.35. The fraction of sp³-hybridized carbons (Fsp3) is 0.800. The number of ether oxygens (including phenoxy) is 15. The number of aliphatic hydroxyl groups excluding tert-OH is 16. The largest absolute Gasteiger partial charge is 0.465 e. The second-order valence-electron chi connectivity index (χ2n) is 37.9. The van der Waals surface area contributed by atoms with Gasteiger partial charge in [-0.05, 0) is 130 Å². The Balaban J connectivity index is 4.78. The van der Waals surface area contributed by atoms with Crippen molar-refractivity contribution in [1.82, 2.24) is 15.0 Å². The molecule has 16 N–H and O–H groups in total. The zero-order valence-corrected chi connectivity index (χ0v) is 79.0. The van der Waals surface area contributed by atoms with Crippen LogP contribution in [0, 0.1) is 81.2 Å². The minimum atomic E-state index is -2.76. The molecule has 0 bridgehead atoms. The van der Waals surface area contributed by atoms with Gasteiger partial charge in [0.25, 0.3) is 0 Å². The molecule has 0 unspecified atom stereocenters. The standard InChI is InChI=1S/C85H139N3O46/c1-17-55-24-88(87-86-55)22-20-18-19-21-23-120-64(113)79(10,41-129-69(118)84(15,51-131-65(114)80(11,43-121-56(105)71(2,25-89)26-90)44-122-57(106)72(3,27-91)28-92)52-132-66(115)81(12,45-123-58(107)73(4,29-93)30-94)46-124-59(108)74(5,31-95)32-96)42-130-70(119)85(16,53-133-67(116)82(13,47-125-60(109)75(6,33-97)34-98)48-126-61(110)76(7,35-99)36-100)54-134-68(117)83(14,49-127-62(111)77(8,37-101)38-102)50-128-63(112)78(9,39-103)40-104/h24,89-104H,17-23,25-54H2,1-16H3. The molecule has 1 rings (SSSR count). The van der Waals surface area contributed by atoms with E-state index < -0.39 is 376 Å². The summed E-state index contributed by atoms with van der Waals surface area (Å²) in [6.45, 7) is -18.2. The lowest BCUT2D eigenvalue weighted by atomic mass is 9.89. The van der Waals surface area contributed by atoms with Crippen LogP contribution >= 0.6 is 0 Å². The van der Waals surface area contributed by atoms with Gasteiger partial charge in [0.2, 0.25) is 0 Å². The van der Waals surface area contributed by atoms with Crippen molar-refractivity contribution in [1.29, 1.82) is 0 Å². The van der Waals surface area contributed by atoms with Crippen molar-refractivity contribution in [3.05, 3.63) is 11.9 Å². The minimum absolute atomic E-state index is 0.0926. The van der Waals surface area contributed by atoms with Crippen LogP contribution < -0.4 is 0 Å². The molecule has 0 saturated carbocycles. The molecule has 1 aromatic rings. The Kier molecular flexibility index (Phi) is 48.8. The number of hydrogen-bond acceptors (Lipinski definition) is 48. The summed E-state index contributed by atoms with van der Waals surface area (Å²) >= 11 is 0. The van der Waals surface area contributed by atoms with Gasteiger partial charge in [0.15, 0.2) is 0 Å². The van der Waals surface area contributed by atoms with Gasteiger partial charge in [0, 0.05) is 12.7 Å². The average molecular weight is 1940 g/mol. The summed E-state index contributed by atoms with van der Waals surface area (Å²) < 4.78 is 84.8. The quantitative estimate of drug-likeness (QED) is 0.0164.